The van der Waals surface area contributed by atoms with Crippen LogP contribution in [0.4, 0.5) is 31.8 Å². The Morgan fingerprint density at radius 2 is 1.75 bits per heavy atom. The molecule has 1 aromatic heterocycles. The summed E-state index contributed by atoms with van der Waals surface area (Å²) in [4.78, 5) is 21.8. The number of anilines is 4. The molecule has 172 valence electrons. The normalized spacial score (nSPS) is 20.1. The minimum Gasteiger partial charge on any atom is -0.399 e. The minimum atomic E-state index is -2.61. The van der Waals surface area contributed by atoms with Crippen LogP contribution in [0.15, 0.2) is 36.4 Å². The Labute approximate surface area is 188 Å². The molecule has 0 spiro atoms. The number of nitrogen functional groups attached to an aromatic ring is 1. The van der Waals surface area contributed by atoms with Gasteiger partial charge in [0, 0.05) is 44.7 Å². The van der Waals surface area contributed by atoms with E-state index in [2.05, 4.69) is 28.3 Å². The molecule has 0 radical (unpaired) electrons. The van der Waals surface area contributed by atoms with Crippen LogP contribution in [0.5, 0.6) is 0 Å². The summed E-state index contributed by atoms with van der Waals surface area (Å²) in [6, 6.07) is 13.0. The van der Waals surface area contributed by atoms with E-state index in [1.54, 1.807) is 30.3 Å². The topological polar surface area (TPSA) is 74.5 Å². The van der Waals surface area contributed by atoms with E-state index >= 15 is 0 Å². The molecule has 9 heteroatoms. The summed E-state index contributed by atoms with van der Waals surface area (Å²) in [7, 11) is -1.15. The molecule has 2 saturated heterocycles. The fourth-order valence-corrected chi connectivity index (χ4v) is 6.27. The number of alkyl halides is 2. The highest BCUT2D eigenvalue weighted by Gasteiger charge is 2.34. The van der Waals surface area contributed by atoms with Crippen molar-refractivity contribution in [1.82, 2.24) is 4.98 Å². The predicted octanol–water partition coefficient (Wildman–Crippen LogP) is 4.68. The van der Waals surface area contributed by atoms with Crippen LogP contribution < -0.4 is 20.9 Å². The number of pyridine rings is 1. The van der Waals surface area contributed by atoms with Crippen molar-refractivity contribution in [2.45, 2.75) is 43.9 Å². The molecule has 0 saturated carbocycles. The lowest BCUT2D eigenvalue weighted by Crippen LogP contribution is -2.43. The van der Waals surface area contributed by atoms with E-state index in [1.807, 2.05) is 11.0 Å². The zero-order valence-electron chi connectivity index (χ0n) is 18.7. The lowest BCUT2D eigenvalue weighted by molar-refractivity contribution is -0.0221. The first-order valence-electron chi connectivity index (χ1n) is 11.2. The summed E-state index contributed by atoms with van der Waals surface area (Å²) in [5, 5.41) is 2.89. The van der Waals surface area contributed by atoms with Gasteiger partial charge in [0.1, 0.15) is 11.6 Å². The fraction of sp³-hybridized carbons (Fsp3) is 0.478. The number of benzene rings is 1. The number of amides is 1. The Morgan fingerprint density at radius 1 is 1.06 bits per heavy atom. The summed E-state index contributed by atoms with van der Waals surface area (Å²) >= 11 is 0. The number of hydrogen-bond acceptors (Lipinski definition) is 5. The summed E-state index contributed by atoms with van der Waals surface area (Å²) in [6.07, 6.45) is -0.370. The van der Waals surface area contributed by atoms with E-state index in [0.29, 0.717) is 22.9 Å². The van der Waals surface area contributed by atoms with Gasteiger partial charge in [0.2, 0.25) is 0 Å². The van der Waals surface area contributed by atoms with Crippen molar-refractivity contribution in [3.8, 4) is 0 Å². The van der Waals surface area contributed by atoms with Gasteiger partial charge in [-0.05, 0) is 42.4 Å². The van der Waals surface area contributed by atoms with Crippen LogP contribution >= 0.6 is 0 Å². The maximum atomic E-state index is 13.5. The predicted molar refractivity (Wildman–Crippen MR) is 129 cm³/mol. The Balaban J connectivity index is 1.50. The fourth-order valence-electron chi connectivity index (χ4n) is 4.27. The van der Waals surface area contributed by atoms with Crippen molar-refractivity contribution in [2.75, 3.05) is 47.0 Å². The molecule has 0 aliphatic carbocycles. The summed E-state index contributed by atoms with van der Waals surface area (Å²) in [5.74, 6) is -1.87. The van der Waals surface area contributed by atoms with Gasteiger partial charge in [0.15, 0.2) is 0 Å². The number of nitrogens with two attached hydrogens (primary N) is 1. The molecule has 2 fully saturated rings. The molecule has 1 amide bonds. The number of nitrogens with one attached hydrogen (secondary N) is 1. The Morgan fingerprint density at radius 3 is 2.44 bits per heavy atom. The molecular weight excluding hydrogens is 428 g/mol. The van der Waals surface area contributed by atoms with E-state index in [0.717, 1.165) is 18.8 Å². The molecule has 4 rings (SSSR count). The van der Waals surface area contributed by atoms with Crippen LogP contribution in [0.3, 0.4) is 0 Å². The van der Waals surface area contributed by atoms with Crippen molar-refractivity contribution in [1.29, 1.82) is 0 Å². The third-order valence-electron chi connectivity index (χ3n) is 6.52. The molecule has 32 heavy (non-hydrogen) atoms. The van der Waals surface area contributed by atoms with Gasteiger partial charge in [-0.3, -0.25) is 4.79 Å². The number of aromatic nitrogens is 1. The van der Waals surface area contributed by atoms with Crippen molar-refractivity contribution in [3.05, 3.63) is 42.0 Å². The molecule has 6 nitrogen and oxygen atoms in total. The van der Waals surface area contributed by atoms with Gasteiger partial charge < -0.3 is 20.9 Å². The number of hydrogen-bond donors (Lipinski definition) is 2. The molecule has 2 aliphatic heterocycles. The van der Waals surface area contributed by atoms with E-state index in [4.69, 9.17) is 5.73 Å². The second kappa shape index (κ2) is 8.69. The average molecular weight is 460 g/mol. The Kier molecular flexibility index (Phi) is 6.11. The molecule has 0 atom stereocenters. The quantitative estimate of drug-likeness (QED) is 0.513. The smallest absolute Gasteiger partial charge is 0.258 e. The van der Waals surface area contributed by atoms with Gasteiger partial charge in [-0.2, -0.15) is 0 Å². The largest absolute Gasteiger partial charge is 0.399 e. The van der Waals surface area contributed by atoms with Crippen LogP contribution in [0, 0.1) is 0 Å². The molecule has 0 unspecified atom stereocenters. The van der Waals surface area contributed by atoms with Crippen molar-refractivity contribution in [3.63, 3.8) is 0 Å². The Hall–Kier alpha value is -2.68. The van der Waals surface area contributed by atoms with E-state index in [9.17, 15) is 13.6 Å². The van der Waals surface area contributed by atoms with Gasteiger partial charge in [-0.15, -0.1) is 0 Å². The summed E-state index contributed by atoms with van der Waals surface area (Å²) in [5.41, 5.74) is 8.08. The molecule has 2 aliphatic rings. The van der Waals surface area contributed by atoms with Crippen LogP contribution in [0.1, 0.15) is 23.2 Å². The van der Waals surface area contributed by atoms with Crippen LogP contribution in [0.2, 0.25) is 25.2 Å². The lowest BCUT2D eigenvalue weighted by Gasteiger charge is -2.37. The Bertz CT molecular complexity index is 980. The molecule has 2 aromatic rings. The van der Waals surface area contributed by atoms with Crippen molar-refractivity contribution < 1.29 is 13.6 Å². The molecular formula is C23H31F2N5OSi. The minimum absolute atomic E-state index is 0.185. The number of piperidine rings is 1. The number of halogens is 2. The molecule has 3 N–H and O–H groups in total. The van der Waals surface area contributed by atoms with Crippen molar-refractivity contribution in [2.24, 2.45) is 0 Å². The second-order valence-electron chi connectivity index (χ2n) is 9.61. The van der Waals surface area contributed by atoms with Crippen molar-refractivity contribution >= 4 is 37.0 Å². The first-order chi connectivity index (χ1) is 15.1. The van der Waals surface area contributed by atoms with Crippen LogP contribution in [0.25, 0.3) is 0 Å². The first kappa shape index (κ1) is 22.5. The van der Waals surface area contributed by atoms with Crippen LogP contribution in [-0.2, 0) is 0 Å². The third kappa shape index (κ3) is 5.20. The lowest BCUT2D eigenvalue weighted by atomic mass is 10.1. The third-order valence-corrected chi connectivity index (χ3v) is 9.67. The SMILES string of the molecule is C[Si]1(C)CCN(c2cc(N)ccc2C(=O)Nc2cccc(N3CCC(F)(F)CC3)n2)CC1. The average Bonchev–Trinajstić information content (AvgIpc) is 2.74. The number of nitrogens with zero attached hydrogens (tertiary/aromatic N) is 3. The maximum absolute atomic E-state index is 13.5. The van der Waals surface area contributed by atoms with E-state index in [-0.39, 0.29) is 31.8 Å². The van der Waals surface area contributed by atoms with E-state index < -0.39 is 14.0 Å². The van der Waals surface area contributed by atoms with Gasteiger partial charge in [-0.1, -0.05) is 19.2 Å². The highest BCUT2D eigenvalue weighted by molar-refractivity contribution is 6.77. The first-order valence-corrected chi connectivity index (χ1v) is 14.6. The highest BCUT2D eigenvalue weighted by Crippen LogP contribution is 2.32. The maximum Gasteiger partial charge on any atom is 0.258 e. The molecule has 1 aromatic carbocycles. The number of carbonyl (C=O) groups is 1. The van der Waals surface area contributed by atoms with Gasteiger partial charge in [0.05, 0.1) is 19.3 Å². The molecule has 3 heterocycles. The number of carbonyl (C=O) groups excluding carboxylic acids is 1. The van der Waals surface area contributed by atoms with Gasteiger partial charge >= 0.3 is 0 Å². The van der Waals surface area contributed by atoms with Crippen LogP contribution in [-0.4, -0.2) is 51.1 Å². The zero-order chi connectivity index (χ0) is 22.9. The highest BCUT2D eigenvalue weighted by atomic mass is 28.3. The second-order valence-corrected chi connectivity index (χ2v) is 14.9. The zero-order valence-corrected chi connectivity index (χ0v) is 19.7. The monoisotopic (exact) mass is 459 g/mol. The van der Waals surface area contributed by atoms with Gasteiger partial charge in [0.25, 0.3) is 11.8 Å². The summed E-state index contributed by atoms with van der Waals surface area (Å²) < 4.78 is 27.0. The molecule has 0 bridgehead atoms. The van der Waals surface area contributed by atoms with E-state index in [1.165, 1.54) is 12.1 Å². The summed E-state index contributed by atoms with van der Waals surface area (Å²) in [6.45, 7) is 7.15. The van der Waals surface area contributed by atoms with Gasteiger partial charge in [-0.25, -0.2) is 13.8 Å². The number of rotatable bonds is 4. The standard InChI is InChI=1S/C23H31F2N5OSi/c1-32(2)14-12-29(13-15-32)19-16-17(26)6-7-18(19)22(31)28-20-4-3-5-21(27-20)30-10-8-23(24,25)9-11-30/h3-7,16H,8-15,26H2,1-2H3,(H,27,28,31).